The van der Waals surface area contributed by atoms with Crippen molar-refractivity contribution in [1.82, 2.24) is 19.8 Å². The first-order valence-corrected chi connectivity index (χ1v) is 10.4. The van der Waals surface area contributed by atoms with Crippen molar-refractivity contribution >= 4 is 28.6 Å². The molecule has 2 aliphatic rings. The summed E-state index contributed by atoms with van der Waals surface area (Å²) < 4.78 is 16.7. The van der Waals surface area contributed by atoms with Crippen LogP contribution in [0.3, 0.4) is 0 Å². The second kappa shape index (κ2) is 8.39. The Balaban J connectivity index is 1.14. The molecule has 1 aromatic heterocycles. The summed E-state index contributed by atoms with van der Waals surface area (Å²) in [4.78, 5) is 25.2. The van der Waals surface area contributed by atoms with Crippen LogP contribution in [0.4, 0.5) is 11.8 Å². The van der Waals surface area contributed by atoms with Crippen molar-refractivity contribution in [3.8, 4) is 17.2 Å². The zero-order valence-electron chi connectivity index (χ0n) is 17.5. The minimum absolute atomic E-state index is 0.00436. The largest absolute Gasteiger partial charge is 0.491 e. The van der Waals surface area contributed by atoms with Gasteiger partial charge in [-0.1, -0.05) is 6.07 Å². The van der Waals surface area contributed by atoms with Gasteiger partial charge in [-0.2, -0.15) is 4.98 Å². The number of aromatic nitrogens is 2. The van der Waals surface area contributed by atoms with E-state index in [-0.39, 0.29) is 18.6 Å². The molecule has 2 aromatic carbocycles. The fourth-order valence-electron chi connectivity index (χ4n) is 3.99. The van der Waals surface area contributed by atoms with Crippen LogP contribution in [0.2, 0.25) is 0 Å². The van der Waals surface area contributed by atoms with Crippen molar-refractivity contribution in [2.24, 2.45) is 0 Å². The number of rotatable bonds is 5. The van der Waals surface area contributed by atoms with Crippen molar-refractivity contribution in [2.75, 3.05) is 57.6 Å². The normalized spacial score (nSPS) is 15.8. The maximum atomic E-state index is 12.8. The molecule has 4 N–H and O–H groups in total. The number of piperazine rings is 1. The lowest BCUT2D eigenvalue weighted by atomic mass is 10.1. The molecule has 0 bridgehead atoms. The summed E-state index contributed by atoms with van der Waals surface area (Å²) >= 11 is 0. The summed E-state index contributed by atoms with van der Waals surface area (Å²) in [5.74, 6) is 2.38. The van der Waals surface area contributed by atoms with Gasteiger partial charge in [0.15, 0.2) is 11.5 Å². The van der Waals surface area contributed by atoms with Gasteiger partial charge in [-0.25, -0.2) is 4.98 Å². The topological polar surface area (TPSA) is 129 Å². The molecule has 0 saturated carbocycles. The number of hydrogen-bond donors (Lipinski definition) is 2. The number of carbonyl (C=O) groups excluding carboxylic acids is 1. The lowest BCUT2D eigenvalue weighted by Crippen LogP contribution is -2.49. The van der Waals surface area contributed by atoms with E-state index in [0.29, 0.717) is 59.2 Å². The second-order valence-electron chi connectivity index (χ2n) is 7.67. The Morgan fingerprint density at radius 2 is 1.84 bits per heavy atom. The lowest BCUT2D eigenvalue weighted by Gasteiger charge is -2.34. The molecule has 0 spiro atoms. The quantitative estimate of drug-likeness (QED) is 0.609. The molecule has 3 heterocycles. The average Bonchev–Trinajstić information content (AvgIpc) is 3.27. The molecule has 2 aliphatic heterocycles. The third kappa shape index (κ3) is 3.92. The summed E-state index contributed by atoms with van der Waals surface area (Å²) in [5.41, 5.74) is 13.0. The average molecular weight is 436 g/mol. The van der Waals surface area contributed by atoms with Crippen LogP contribution in [-0.4, -0.2) is 71.8 Å². The zero-order chi connectivity index (χ0) is 22.1. The Kier molecular flexibility index (Phi) is 5.28. The highest BCUT2D eigenvalue weighted by Crippen LogP contribution is 2.33. The van der Waals surface area contributed by atoms with Crippen LogP contribution in [0.15, 0.2) is 36.4 Å². The van der Waals surface area contributed by atoms with Crippen LogP contribution < -0.4 is 25.7 Å². The number of benzene rings is 2. The molecule has 10 nitrogen and oxygen atoms in total. The molecule has 1 amide bonds. The van der Waals surface area contributed by atoms with Crippen molar-refractivity contribution in [2.45, 2.75) is 0 Å². The highest BCUT2D eigenvalue weighted by molar-refractivity contribution is 5.95. The highest BCUT2D eigenvalue weighted by atomic mass is 16.7. The zero-order valence-corrected chi connectivity index (χ0v) is 17.5. The van der Waals surface area contributed by atoms with E-state index < -0.39 is 0 Å². The van der Waals surface area contributed by atoms with Crippen LogP contribution in [0.5, 0.6) is 17.2 Å². The molecule has 0 aliphatic carbocycles. The van der Waals surface area contributed by atoms with E-state index in [0.717, 1.165) is 19.6 Å². The predicted molar refractivity (Wildman–Crippen MR) is 119 cm³/mol. The maximum Gasteiger partial charge on any atom is 0.254 e. The first kappa shape index (κ1) is 20.1. The molecule has 166 valence electrons. The van der Waals surface area contributed by atoms with Gasteiger partial charge in [0.1, 0.15) is 18.2 Å². The Hall–Kier alpha value is -3.79. The van der Waals surface area contributed by atoms with E-state index in [9.17, 15) is 4.79 Å². The van der Waals surface area contributed by atoms with Gasteiger partial charge in [-0.05, 0) is 30.3 Å². The predicted octanol–water partition coefficient (Wildman–Crippen LogP) is 1.36. The van der Waals surface area contributed by atoms with Crippen molar-refractivity contribution in [3.63, 3.8) is 0 Å². The Bertz CT molecular complexity index is 1160. The van der Waals surface area contributed by atoms with Crippen LogP contribution in [-0.2, 0) is 0 Å². The number of anilines is 2. The first-order chi connectivity index (χ1) is 15.6. The van der Waals surface area contributed by atoms with E-state index in [2.05, 4.69) is 14.9 Å². The molecule has 0 atom stereocenters. The standard InChI is InChI=1S/C22H24N6O4/c23-20-19-15(25-22(24)26-20)2-1-3-17(19)30-11-10-27-6-8-28(9-7-27)21(29)14-4-5-16-18(12-14)32-13-31-16/h1-5,12H,6-11,13H2,(H4,23,24,25,26). The van der Waals surface area contributed by atoms with Crippen LogP contribution in [0.1, 0.15) is 10.4 Å². The van der Waals surface area contributed by atoms with E-state index in [1.807, 2.05) is 23.1 Å². The Morgan fingerprint density at radius 1 is 1.03 bits per heavy atom. The van der Waals surface area contributed by atoms with Gasteiger partial charge < -0.3 is 30.6 Å². The van der Waals surface area contributed by atoms with E-state index in [1.165, 1.54) is 0 Å². The number of nitrogens with zero attached hydrogens (tertiary/aromatic N) is 4. The first-order valence-electron chi connectivity index (χ1n) is 10.4. The molecule has 32 heavy (non-hydrogen) atoms. The molecule has 1 fully saturated rings. The van der Waals surface area contributed by atoms with Gasteiger partial charge >= 0.3 is 0 Å². The third-order valence-corrected chi connectivity index (χ3v) is 5.67. The molecule has 5 rings (SSSR count). The van der Waals surface area contributed by atoms with Crippen LogP contribution in [0, 0.1) is 0 Å². The fourth-order valence-corrected chi connectivity index (χ4v) is 3.99. The van der Waals surface area contributed by atoms with Crippen LogP contribution >= 0.6 is 0 Å². The number of amides is 1. The number of fused-ring (bicyclic) bond motifs is 2. The lowest BCUT2D eigenvalue weighted by molar-refractivity contribution is 0.0620. The van der Waals surface area contributed by atoms with Gasteiger partial charge in [0.25, 0.3) is 5.91 Å². The molecule has 0 unspecified atom stereocenters. The Labute approximate surface area is 184 Å². The number of hydrogen-bond acceptors (Lipinski definition) is 9. The van der Waals surface area contributed by atoms with E-state index in [4.69, 9.17) is 25.7 Å². The number of nitrogen functional groups attached to an aromatic ring is 2. The van der Waals surface area contributed by atoms with Crippen molar-refractivity contribution < 1.29 is 19.0 Å². The maximum absolute atomic E-state index is 12.8. The van der Waals surface area contributed by atoms with E-state index in [1.54, 1.807) is 18.2 Å². The molecular formula is C22H24N6O4. The van der Waals surface area contributed by atoms with Crippen LogP contribution in [0.25, 0.3) is 10.9 Å². The fraction of sp³-hybridized carbons (Fsp3) is 0.318. The van der Waals surface area contributed by atoms with Gasteiger partial charge in [-0.15, -0.1) is 0 Å². The molecule has 0 radical (unpaired) electrons. The van der Waals surface area contributed by atoms with E-state index >= 15 is 0 Å². The number of nitrogens with two attached hydrogens (primary N) is 2. The molecule has 10 heteroatoms. The SMILES string of the molecule is Nc1nc(N)c2c(OCCN3CCN(C(=O)c4ccc5c(c4)OCO5)CC3)cccc2n1. The highest BCUT2D eigenvalue weighted by Gasteiger charge is 2.24. The molecule has 1 saturated heterocycles. The summed E-state index contributed by atoms with van der Waals surface area (Å²) in [6.07, 6.45) is 0. The summed E-state index contributed by atoms with van der Waals surface area (Å²) in [5, 5.41) is 0.667. The number of ether oxygens (including phenoxy) is 3. The molecular weight excluding hydrogens is 412 g/mol. The van der Waals surface area contributed by atoms with Gasteiger partial charge in [0.05, 0.1) is 10.9 Å². The van der Waals surface area contributed by atoms with Gasteiger partial charge in [0.2, 0.25) is 12.7 Å². The monoisotopic (exact) mass is 436 g/mol. The minimum Gasteiger partial charge on any atom is -0.491 e. The number of carbonyl (C=O) groups is 1. The summed E-state index contributed by atoms with van der Waals surface area (Å²) in [6.45, 7) is 4.27. The summed E-state index contributed by atoms with van der Waals surface area (Å²) in [7, 11) is 0. The van der Waals surface area contributed by atoms with Crippen molar-refractivity contribution in [1.29, 1.82) is 0 Å². The smallest absolute Gasteiger partial charge is 0.254 e. The third-order valence-electron chi connectivity index (χ3n) is 5.67. The Morgan fingerprint density at radius 3 is 2.69 bits per heavy atom. The second-order valence-corrected chi connectivity index (χ2v) is 7.67. The summed E-state index contributed by atoms with van der Waals surface area (Å²) in [6, 6.07) is 10.8. The van der Waals surface area contributed by atoms with Gasteiger partial charge in [0, 0.05) is 38.3 Å². The van der Waals surface area contributed by atoms with Gasteiger partial charge in [-0.3, -0.25) is 9.69 Å². The molecule has 3 aromatic rings. The van der Waals surface area contributed by atoms with Crippen molar-refractivity contribution in [3.05, 3.63) is 42.0 Å². The minimum atomic E-state index is 0.00436.